The lowest BCUT2D eigenvalue weighted by Crippen LogP contribution is -2.37. The molecule has 2 amide bonds. The molecule has 5 nitrogen and oxygen atoms in total. The van der Waals surface area contributed by atoms with Crippen molar-refractivity contribution in [3.8, 4) is 0 Å². The maximum atomic E-state index is 11.9. The summed E-state index contributed by atoms with van der Waals surface area (Å²) < 4.78 is 0. The van der Waals surface area contributed by atoms with E-state index in [1.54, 1.807) is 18.3 Å². The number of aryl methyl sites for hydroxylation is 1. The Morgan fingerprint density at radius 2 is 1.95 bits per heavy atom. The van der Waals surface area contributed by atoms with Crippen molar-refractivity contribution in [2.45, 2.75) is 13.3 Å². The molecule has 1 aromatic heterocycles. The predicted molar refractivity (Wildman–Crippen MR) is 84.5 cm³/mol. The highest BCUT2D eigenvalue weighted by atomic mass is 16.2. The van der Waals surface area contributed by atoms with E-state index >= 15 is 0 Å². The van der Waals surface area contributed by atoms with Crippen LogP contribution in [0.3, 0.4) is 0 Å². The Balaban J connectivity index is 1.70. The van der Waals surface area contributed by atoms with Crippen LogP contribution in [0.15, 0.2) is 48.7 Å². The lowest BCUT2D eigenvalue weighted by Gasteiger charge is -2.07. The minimum absolute atomic E-state index is 0.0327. The van der Waals surface area contributed by atoms with Crippen LogP contribution in [0.2, 0.25) is 0 Å². The Bertz CT molecular complexity index is 641. The topological polar surface area (TPSA) is 71.1 Å². The Labute approximate surface area is 129 Å². The van der Waals surface area contributed by atoms with Crippen LogP contribution in [0.4, 0.5) is 0 Å². The number of carbonyl (C=O) groups is 2. The normalized spacial score (nSPS) is 10.0. The molecular weight excluding hydrogens is 278 g/mol. The van der Waals surface area contributed by atoms with E-state index < -0.39 is 0 Å². The van der Waals surface area contributed by atoms with Gasteiger partial charge in [-0.3, -0.25) is 14.6 Å². The number of nitrogens with one attached hydrogen (secondary N) is 2. The first-order valence-corrected chi connectivity index (χ1v) is 7.16. The zero-order valence-electron chi connectivity index (χ0n) is 12.5. The van der Waals surface area contributed by atoms with Crippen LogP contribution in [0, 0.1) is 6.92 Å². The van der Waals surface area contributed by atoms with Crippen molar-refractivity contribution < 1.29 is 9.59 Å². The van der Waals surface area contributed by atoms with E-state index in [2.05, 4.69) is 15.6 Å². The summed E-state index contributed by atoms with van der Waals surface area (Å²) in [5, 5.41) is 5.36. The first-order chi connectivity index (χ1) is 10.6. The van der Waals surface area contributed by atoms with Crippen molar-refractivity contribution >= 4 is 11.8 Å². The second kappa shape index (κ2) is 7.93. The SMILES string of the molecule is Cc1cccc(C(=O)NCC(=O)NCCc2ccccn2)c1. The zero-order chi connectivity index (χ0) is 15.8. The van der Waals surface area contributed by atoms with Crippen LogP contribution < -0.4 is 10.6 Å². The van der Waals surface area contributed by atoms with E-state index in [1.807, 2.05) is 37.3 Å². The minimum Gasteiger partial charge on any atom is -0.354 e. The van der Waals surface area contributed by atoms with Crippen molar-refractivity contribution in [3.05, 3.63) is 65.5 Å². The fourth-order valence-electron chi connectivity index (χ4n) is 1.99. The monoisotopic (exact) mass is 297 g/mol. The van der Waals surface area contributed by atoms with Crippen LogP contribution in [-0.4, -0.2) is 29.9 Å². The Hall–Kier alpha value is -2.69. The molecule has 0 bridgehead atoms. The molecule has 114 valence electrons. The number of pyridine rings is 1. The molecule has 0 spiro atoms. The largest absolute Gasteiger partial charge is 0.354 e. The first kappa shape index (κ1) is 15.7. The molecular formula is C17H19N3O2. The van der Waals surface area contributed by atoms with Crippen LogP contribution in [0.25, 0.3) is 0 Å². The number of hydrogen-bond donors (Lipinski definition) is 2. The number of benzene rings is 1. The molecule has 0 fully saturated rings. The quantitative estimate of drug-likeness (QED) is 0.848. The first-order valence-electron chi connectivity index (χ1n) is 7.16. The lowest BCUT2D eigenvalue weighted by molar-refractivity contribution is -0.120. The maximum absolute atomic E-state index is 11.9. The van der Waals surface area contributed by atoms with Gasteiger partial charge in [-0.15, -0.1) is 0 Å². The average Bonchev–Trinajstić information content (AvgIpc) is 2.53. The number of amides is 2. The van der Waals surface area contributed by atoms with Gasteiger partial charge >= 0.3 is 0 Å². The molecule has 2 rings (SSSR count). The average molecular weight is 297 g/mol. The van der Waals surface area contributed by atoms with Crippen LogP contribution in [-0.2, 0) is 11.2 Å². The van der Waals surface area contributed by atoms with Gasteiger partial charge in [0.1, 0.15) is 0 Å². The molecule has 0 aliphatic carbocycles. The zero-order valence-corrected chi connectivity index (χ0v) is 12.5. The van der Waals surface area contributed by atoms with E-state index in [9.17, 15) is 9.59 Å². The highest BCUT2D eigenvalue weighted by Crippen LogP contribution is 2.03. The van der Waals surface area contributed by atoms with Gasteiger partial charge in [-0.2, -0.15) is 0 Å². The summed E-state index contributed by atoms with van der Waals surface area (Å²) in [6.45, 7) is 2.38. The van der Waals surface area contributed by atoms with E-state index in [4.69, 9.17) is 0 Å². The highest BCUT2D eigenvalue weighted by Gasteiger charge is 2.07. The molecule has 0 aliphatic heterocycles. The van der Waals surface area contributed by atoms with Crippen molar-refractivity contribution in [1.29, 1.82) is 0 Å². The summed E-state index contributed by atoms with van der Waals surface area (Å²) in [5.74, 6) is -0.458. The number of aromatic nitrogens is 1. The molecule has 0 atom stereocenters. The van der Waals surface area contributed by atoms with Crippen LogP contribution >= 0.6 is 0 Å². The van der Waals surface area contributed by atoms with Gasteiger partial charge in [0, 0.05) is 30.4 Å². The molecule has 0 radical (unpaired) electrons. The molecule has 0 saturated carbocycles. The van der Waals surface area contributed by atoms with E-state index in [-0.39, 0.29) is 18.4 Å². The van der Waals surface area contributed by atoms with Gasteiger partial charge in [0.05, 0.1) is 6.54 Å². The van der Waals surface area contributed by atoms with Gasteiger partial charge in [0.2, 0.25) is 5.91 Å². The smallest absolute Gasteiger partial charge is 0.251 e. The molecule has 1 heterocycles. The fraction of sp³-hybridized carbons (Fsp3) is 0.235. The summed E-state index contributed by atoms with van der Waals surface area (Å²) in [4.78, 5) is 27.8. The minimum atomic E-state index is -0.247. The second-order valence-corrected chi connectivity index (χ2v) is 4.97. The van der Waals surface area contributed by atoms with Crippen LogP contribution in [0.5, 0.6) is 0 Å². The molecule has 0 unspecified atom stereocenters. The molecule has 0 saturated heterocycles. The standard InChI is InChI=1S/C17H19N3O2/c1-13-5-4-6-14(11-13)17(22)20-12-16(21)19-10-8-15-7-2-3-9-18-15/h2-7,9,11H,8,10,12H2,1H3,(H,19,21)(H,20,22). The van der Waals surface area contributed by atoms with Gasteiger partial charge in [-0.25, -0.2) is 0 Å². The summed E-state index contributed by atoms with van der Waals surface area (Å²) in [7, 11) is 0. The molecule has 1 aromatic carbocycles. The third-order valence-corrected chi connectivity index (χ3v) is 3.12. The predicted octanol–water partition coefficient (Wildman–Crippen LogP) is 1.48. The Morgan fingerprint density at radius 1 is 1.09 bits per heavy atom. The summed E-state index contributed by atoms with van der Waals surface area (Å²) >= 11 is 0. The highest BCUT2D eigenvalue weighted by molar-refractivity contribution is 5.96. The Kier molecular flexibility index (Phi) is 5.65. The Morgan fingerprint density at radius 3 is 2.68 bits per heavy atom. The number of carbonyl (C=O) groups excluding carboxylic acids is 2. The lowest BCUT2D eigenvalue weighted by atomic mass is 10.1. The molecule has 0 aliphatic rings. The van der Waals surface area contributed by atoms with Crippen LogP contribution in [0.1, 0.15) is 21.6 Å². The van der Waals surface area contributed by atoms with Crippen molar-refractivity contribution in [2.24, 2.45) is 0 Å². The number of rotatable bonds is 6. The van der Waals surface area contributed by atoms with Crippen molar-refractivity contribution in [1.82, 2.24) is 15.6 Å². The molecule has 2 aromatic rings. The van der Waals surface area contributed by atoms with Crippen molar-refractivity contribution in [3.63, 3.8) is 0 Å². The fourth-order valence-corrected chi connectivity index (χ4v) is 1.99. The summed E-state index contributed by atoms with van der Waals surface area (Å²) in [6, 6.07) is 12.9. The third kappa shape index (κ3) is 5.01. The maximum Gasteiger partial charge on any atom is 0.251 e. The summed E-state index contributed by atoms with van der Waals surface area (Å²) in [6.07, 6.45) is 2.39. The molecule has 22 heavy (non-hydrogen) atoms. The van der Waals surface area contributed by atoms with E-state index in [0.29, 0.717) is 18.5 Å². The third-order valence-electron chi connectivity index (χ3n) is 3.12. The van der Waals surface area contributed by atoms with Crippen molar-refractivity contribution in [2.75, 3.05) is 13.1 Å². The summed E-state index contributed by atoms with van der Waals surface area (Å²) in [5.41, 5.74) is 2.49. The van der Waals surface area contributed by atoms with E-state index in [1.165, 1.54) is 0 Å². The molecule has 5 heteroatoms. The van der Waals surface area contributed by atoms with E-state index in [0.717, 1.165) is 11.3 Å². The molecule has 2 N–H and O–H groups in total. The van der Waals surface area contributed by atoms with Gasteiger partial charge < -0.3 is 10.6 Å². The second-order valence-electron chi connectivity index (χ2n) is 4.97. The number of hydrogen-bond acceptors (Lipinski definition) is 3. The van der Waals surface area contributed by atoms with Gasteiger partial charge in [0.25, 0.3) is 5.91 Å². The van der Waals surface area contributed by atoms with Gasteiger partial charge in [-0.05, 0) is 31.2 Å². The van der Waals surface area contributed by atoms with Gasteiger partial charge in [0.15, 0.2) is 0 Å². The van der Waals surface area contributed by atoms with Gasteiger partial charge in [-0.1, -0.05) is 23.8 Å². The number of nitrogens with zero attached hydrogens (tertiary/aromatic N) is 1.